The van der Waals surface area contributed by atoms with E-state index in [1.54, 1.807) is 10.4 Å². The lowest BCUT2D eigenvalue weighted by Gasteiger charge is -2.37. The van der Waals surface area contributed by atoms with Crippen LogP contribution in [-0.4, -0.2) is 58.8 Å². The molecule has 1 saturated heterocycles. The Bertz CT molecular complexity index is 1230. The number of anilines is 3. The number of sulfonamides is 1. The van der Waals surface area contributed by atoms with Gasteiger partial charge in [-0.3, -0.25) is 4.90 Å². The monoisotopic (exact) mass is 467 g/mol. The average Bonchev–Trinajstić information content (AvgIpc) is 2.80. The molecule has 174 valence electrons. The Kier molecular flexibility index (Phi) is 6.59. The molecule has 1 fully saturated rings. The Hall–Kier alpha value is -3.08. The summed E-state index contributed by atoms with van der Waals surface area (Å²) in [5.41, 5.74) is 8.48. The van der Waals surface area contributed by atoms with Gasteiger partial charge in [0.15, 0.2) is 5.82 Å². The molecule has 0 saturated carbocycles. The minimum Gasteiger partial charge on any atom is -0.368 e. The van der Waals surface area contributed by atoms with Gasteiger partial charge in [0, 0.05) is 31.9 Å². The van der Waals surface area contributed by atoms with Gasteiger partial charge in [-0.05, 0) is 50.1 Å². The zero-order valence-corrected chi connectivity index (χ0v) is 19.9. The maximum Gasteiger partial charge on any atom is 0.243 e. The van der Waals surface area contributed by atoms with Gasteiger partial charge in [0.1, 0.15) is 0 Å². The number of aryl methyl sites for hydroxylation is 2. The van der Waals surface area contributed by atoms with Gasteiger partial charge in [0.05, 0.1) is 10.9 Å². The van der Waals surface area contributed by atoms with Crippen molar-refractivity contribution in [1.29, 1.82) is 0 Å². The van der Waals surface area contributed by atoms with E-state index in [-0.39, 0.29) is 12.0 Å². The van der Waals surface area contributed by atoms with E-state index >= 15 is 0 Å². The first kappa shape index (κ1) is 23.1. The van der Waals surface area contributed by atoms with Gasteiger partial charge in [-0.25, -0.2) is 8.42 Å². The maximum atomic E-state index is 13.2. The van der Waals surface area contributed by atoms with Crippen molar-refractivity contribution in [3.8, 4) is 0 Å². The summed E-state index contributed by atoms with van der Waals surface area (Å²) in [5.74, 6) is 1.07. The predicted molar refractivity (Wildman–Crippen MR) is 129 cm³/mol. The lowest BCUT2D eigenvalue weighted by Crippen LogP contribution is -2.49. The van der Waals surface area contributed by atoms with Crippen LogP contribution in [0.3, 0.4) is 0 Å². The lowest BCUT2D eigenvalue weighted by atomic mass is 10.2. The molecule has 0 bridgehead atoms. The molecule has 2 heterocycles. The van der Waals surface area contributed by atoms with Crippen LogP contribution >= 0.6 is 0 Å². The number of nitrogens with two attached hydrogens (primary N) is 1. The van der Waals surface area contributed by atoms with Gasteiger partial charge in [-0.2, -0.15) is 19.3 Å². The summed E-state index contributed by atoms with van der Waals surface area (Å²) < 4.78 is 28.0. The molecule has 1 aromatic heterocycles. The van der Waals surface area contributed by atoms with Crippen molar-refractivity contribution in [3.05, 3.63) is 65.5 Å². The second-order valence-corrected chi connectivity index (χ2v) is 10.2. The molecule has 0 spiro atoms. The number of para-hydroxylation sites is 1. The molecule has 4 rings (SSSR count). The fourth-order valence-corrected chi connectivity index (χ4v) is 5.65. The third-order valence-electron chi connectivity index (χ3n) is 5.86. The molecule has 1 aliphatic heterocycles. The second kappa shape index (κ2) is 9.42. The van der Waals surface area contributed by atoms with Crippen LogP contribution in [0.1, 0.15) is 29.9 Å². The van der Waals surface area contributed by atoms with Crippen LogP contribution in [0.25, 0.3) is 0 Å². The van der Waals surface area contributed by atoms with E-state index in [4.69, 9.17) is 5.73 Å². The standard InChI is InChI=1S/C23H29N7O2S/c1-16-9-10-17(2)20(15-16)33(31,32)30-13-11-29(12-14-30)18(3)21-26-22(24)28-23(27-21)25-19-7-5-4-6-8-19/h4-10,15,18H,11-14H2,1-3H3,(H3,24,25,26,27,28). The van der Waals surface area contributed by atoms with E-state index in [2.05, 4.69) is 25.2 Å². The molecule has 0 radical (unpaired) electrons. The summed E-state index contributed by atoms with van der Waals surface area (Å²) in [5, 5.41) is 3.15. The van der Waals surface area contributed by atoms with Gasteiger partial charge < -0.3 is 11.1 Å². The topological polar surface area (TPSA) is 117 Å². The third kappa shape index (κ3) is 5.13. The highest BCUT2D eigenvalue weighted by Crippen LogP contribution is 2.25. The van der Waals surface area contributed by atoms with E-state index in [0.29, 0.717) is 42.8 Å². The van der Waals surface area contributed by atoms with Crippen LogP contribution in [-0.2, 0) is 10.0 Å². The Morgan fingerprint density at radius 2 is 1.67 bits per heavy atom. The van der Waals surface area contributed by atoms with E-state index in [1.807, 2.05) is 63.2 Å². The number of piperazine rings is 1. The lowest BCUT2D eigenvalue weighted by molar-refractivity contribution is 0.141. The molecule has 3 aromatic rings. The number of hydrogen-bond acceptors (Lipinski definition) is 8. The summed E-state index contributed by atoms with van der Waals surface area (Å²) in [7, 11) is -3.54. The van der Waals surface area contributed by atoms with Crippen LogP contribution in [0.5, 0.6) is 0 Å². The molecule has 2 aromatic carbocycles. The summed E-state index contributed by atoms with van der Waals surface area (Å²) in [6.45, 7) is 7.66. The molecule has 1 atom stereocenters. The number of benzene rings is 2. The molecule has 10 heteroatoms. The highest BCUT2D eigenvalue weighted by Gasteiger charge is 2.32. The minimum atomic E-state index is -3.54. The number of nitrogens with one attached hydrogen (secondary N) is 1. The van der Waals surface area contributed by atoms with Crippen molar-refractivity contribution in [1.82, 2.24) is 24.2 Å². The largest absolute Gasteiger partial charge is 0.368 e. The Labute approximate surface area is 194 Å². The Morgan fingerprint density at radius 3 is 2.36 bits per heavy atom. The van der Waals surface area contributed by atoms with Crippen molar-refractivity contribution in [3.63, 3.8) is 0 Å². The first-order valence-electron chi connectivity index (χ1n) is 10.9. The molecular formula is C23H29N7O2S. The van der Waals surface area contributed by atoms with Gasteiger partial charge in [-0.15, -0.1) is 0 Å². The first-order valence-corrected chi connectivity index (χ1v) is 12.3. The summed E-state index contributed by atoms with van der Waals surface area (Å²) in [6, 6.07) is 15.0. The van der Waals surface area contributed by atoms with E-state index in [0.717, 1.165) is 16.8 Å². The smallest absolute Gasteiger partial charge is 0.243 e. The minimum absolute atomic E-state index is 0.140. The molecule has 1 aliphatic rings. The fourth-order valence-electron chi connectivity index (χ4n) is 3.92. The normalized spacial score (nSPS) is 16.5. The number of nitrogen functional groups attached to an aromatic ring is 1. The van der Waals surface area contributed by atoms with Crippen molar-refractivity contribution in [2.75, 3.05) is 37.2 Å². The van der Waals surface area contributed by atoms with Crippen LogP contribution < -0.4 is 11.1 Å². The average molecular weight is 468 g/mol. The second-order valence-electron chi connectivity index (χ2n) is 8.25. The molecule has 0 aliphatic carbocycles. The Balaban J connectivity index is 1.46. The molecule has 9 nitrogen and oxygen atoms in total. The zero-order chi connectivity index (χ0) is 23.6. The number of rotatable bonds is 6. The summed E-state index contributed by atoms with van der Waals surface area (Å²) in [6.07, 6.45) is 0. The SMILES string of the molecule is Cc1ccc(C)c(S(=O)(=O)N2CCN(C(C)c3nc(N)nc(Nc4ccccc4)n3)CC2)c1. The number of aromatic nitrogens is 3. The van der Waals surface area contributed by atoms with E-state index < -0.39 is 10.0 Å². The van der Waals surface area contributed by atoms with E-state index in [9.17, 15) is 8.42 Å². The highest BCUT2D eigenvalue weighted by molar-refractivity contribution is 7.89. The van der Waals surface area contributed by atoms with Gasteiger partial charge in [0.25, 0.3) is 0 Å². The van der Waals surface area contributed by atoms with Crippen molar-refractivity contribution >= 4 is 27.6 Å². The van der Waals surface area contributed by atoms with Crippen molar-refractivity contribution < 1.29 is 8.42 Å². The quantitative estimate of drug-likeness (QED) is 0.568. The maximum absolute atomic E-state index is 13.2. The van der Waals surface area contributed by atoms with Gasteiger partial charge >= 0.3 is 0 Å². The first-order chi connectivity index (χ1) is 15.7. The van der Waals surface area contributed by atoms with Crippen molar-refractivity contribution in [2.45, 2.75) is 31.7 Å². The van der Waals surface area contributed by atoms with Crippen molar-refractivity contribution in [2.24, 2.45) is 0 Å². The van der Waals surface area contributed by atoms with Crippen LogP contribution in [0.2, 0.25) is 0 Å². The zero-order valence-electron chi connectivity index (χ0n) is 19.1. The van der Waals surface area contributed by atoms with Gasteiger partial charge in [0.2, 0.25) is 21.9 Å². The van der Waals surface area contributed by atoms with Crippen LogP contribution in [0, 0.1) is 13.8 Å². The fraction of sp³-hybridized carbons (Fsp3) is 0.348. The van der Waals surface area contributed by atoms with Gasteiger partial charge in [-0.1, -0.05) is 30.3 Å². The van der Waals surface area contributed by atoms with Crippen LogP contribution in [0.4, 0.5) is 17.6 Å². The molecule has 1 unspecified atom stereocenters. The molecule has 0 amide bonds. The number of hydrogen-bond donors (Lipinski definition) is 2. The number of nitrogens with zero attached hydrogens (tertiary/aromatic N) is 5. The molecule has 33 heavy (non-hydrogen) atoms. The molecular weight excluding hydrogens is 438 g/mol. The highest BCUT2D eigenvalue weighted by atomic mass is 32.2. The predicted octanol–water partition coefficient (Wildman–Crippen LogP) is 2.88. The van der Waals surface area contributed by atoms with E-state index in [1.165, 1.54) is 0 Å². The Morgan fingerprint density at radius 1 is 0.970 bits per heavy atom. The molecule has 3 N–H and O–H groups in total. The van der Waals surface area contributed by atoms with Crippen LogP contribution in [0.15, 0.2) is 53.4 Å². The third-order valence-corrected chi connectivity index (χ3v) is 7.90. The summed E-state index contributed by atoms with van der Waals surface area (Å²) in [4.78, 5) is 15.6. The summed E-state index contributed by atoms with van der Waals surface area (Å²) >= 11 is 0.